The van der Waals surface area contributed by atoms with Gasteiger partial charge in [0.15, 0.2) is 0 Å². The van der Waals surface area contributed by atoms with E-state index in [2.05, 4.69) is 6.92 Å². The Kier molecular flexibility index (Phi) is 3.88. The molecule has 1 aromatic carbocycles. The van der Waals surface area contributed by atoms with Crippen molar-refractivity contribution in [1.82, 2.24) is 0 Å². The van der Waals surface area contributed by atoms with Crippen LogP contribution in [0.5, 0.6) is 0 Å². The molecule has 2 rings (SSSR count). The van der Waals surface area contributed by atoms with Crippen molar-refractivity contribution in [3.8, 4) is 0 Å². The monoisotopic (exact) mass is 252 g/mol. The van der Waals surface area contributed by atoms with E-state index < -0.39 is 0 Å². The zero-order chi connectivity index (χ0) is 13.3. The van der Waals surface area contributed by atoms with Gasteiger partial charge in [-0.3, -0.25) is 0 Å². The molecule has 3 nitrogen and oxygen atoms in total. The van der Waals surface area contributed by atoms with Gasteiger partial charge in [-0.25, -0.2) is 4.39 Å². The SMILES string of the molecule is CC1CCN(c2c(F)cccc2[C@H](C)N)C1CO. The molecular weight excluding hydrogens is 231 g/mol. The van der Waals surface area contributed by atoms with E-state index in [-0.39, 0.29) is 24.5 Å². The summed E-state index contributed by atoms with van der Waals surface area (Å²) in [5.41, 5.74) is 7.29. The number of hydrogen-bond acceptors (Lipinski definition) is 3. The second kappa shape index (κ2) is 5.24. The molecule has 18 heavy (non-hydrogen) atoms. The maximum absolute atomic E-state index is 14.1. The number of aliphatic hydroxyl groups is 1. The minimum absolute atomic E-state index is 0.0144. The van der Waals surface area contributed by atoms with E-state index in [1.54, 1.807) is 6.07 Å². The first-order chi connectivity index (χ1) is 8.56. The van der Waals surface area contributed by atoms with Gasteiger partial charge in [0.1, 0.15) is 5.82 Å². The molecule has 0 spiro atoms. The zero-order valence-corrected chi connectivity index (χ0v) is 10.9. The van der Waals surface area contributed by atoms with Gasteiger partial charge in [-0.2, -0.15) is 0 Å². The molecule has 4 heteroatoms. The van der Waals surface area contributed by atoms with Crippen LogP contribution in [0.25, 0.3) is 0 Å². The normalized spacial score (nSPS) is 25.5. The number of rotatable bonds is 3. The number of nitrogens with zero attached hydrogens (tertiary/aromatic N) is 1. The topological polar surface area (TPSA) is 49.5 Å². The van der Waals surface area contributed by atoms with Crippen molar-refractivity contribution in [1.29, 1.82) is 0 Å². The van der Waals surface area contributed by atoms with Gasteiger partial charge in [0.05, 0.1) is 18.3 Å². The van der Waals surface area contributed by atoms with Crippen molar-refractivity contribution in [2.75, 3.05) is 18.1 Å². The molecule has 1 aromatic rings. The van der Waals surface area contributed by atoms with E-state index in [4.69, 9.17) is 5.73 Å². The van der Waals surface area contributed by atoms with Crippen LogP contribution in [0.15, 0.2) is 18.2 Å². The third-order valence-electron chi connectivity index (χ3n) is 3.87. The highest BCUT2D eigenvalue weighted by molar-refractivity contribution is 5.57. The Labute approximate surface area is 107 Å². The molecule has 1 heterocycles. The van der Waals surface area contributed by atoms with Gasteiger partial charge in [0.25, 0.3) is 0 Å². The minimum atomic E-state index is -0.252. The predicted octanol–water partition coefficient (Wildman–Crippen LogP) is 2.05. The Morgan fingerprint density at radius 3 is 2.89 bits per heavy atom. The average molecular weight is 252 g/mol. The lowest BCUT2D eigenvalue weighted by Gasteiger charge is -2.30. The maximum Gasteiger partial charge on any atom is 0.146 e. The fourth-order valence-electron chi connectivity index (χ4n) is 2.77. The number of para-hydroxylation sites is 1. The Morgan fingerprint density at radius 2 is 2.28 bits per heavy atom. The van der Waals surface area contributed by atoms with Crippen molar-refractivity contribution >= 4 is 5.69 Å². The summed E-state index contributed by atoms with van der Waals surface area (Å²) in [6, 6.07) is 4.77. The Bertz CT molecular complexity index is 422. The van der Waals surface area contributed by atoms with Crippen LogP contribution >= 0.6 is 0 Å². The number of hydrogen-bond donors (Lipinski definition) is 2. The Balaban J connectivity index is 2.44. The second-order valence-electron chi connectivity index (χ2n) is 5.18. The van der Waals surface area contributed by atoms with Gasteiger partial charge in [0, 0.05) is 12.6 Å². The summed E-state index contributed by atoms with van der Waals surface area (Å²) in [4.78, 5) is 1.97. The molecule has 0 saturated carbocycles. The molecule has 1 saturated heterocycles. The quantitative estimate of drug-likeness (QED) is 0.865. The predicted molar refractivity (Wildman–Crippen MR) is 71.0 cm³/mol. The summed E-state index contributed by atoms with van der Waals surface area (Å²) in [5.74, 6) is 0.118. The number of benzene rings is 1. The fourth-order valence-corrected chi connectivity index (χ4v) is 2.77. The third kappa shape index (κ3) is 2.22. The van der Waals surface area contributed by atoms with Crippen LogP contribution in [-0.2, 0) is 0 Å². The summed E-state index contributed by atoms with van der Waals surface area (Å²) in [6.45, 7) is 4.76. The molecule has 1 aliphatic rings. The Morgan fingerprint density at radius 1 is 1.56 bits per heavy atom. The summed E-state index contributed by atoms with van der Waals surface area (Å²) < 4.78 is 14.1. The molecule has 0 radical (unpaired) electrons. The van der Waals surface area contributed by atoms with Crippen LogP contribution in [0, 0.1) is 11.7 Å². The van der Waals surface area contributed by atoms with Crippen LogP contribution < -0.4 is 10.6 Å². The van der Waals surface area contributed by atoms with E-state index in [1.165, 1.54) is 6.07 Å². The highest BCUT2D eigenvalue weighted by atomic mass is 19.1. The number of anilines is 1. The van der Waals surface area contributed by atoms with Crippen LogP contribution in [0.4, 0.5) is 10.1 Å². The third-order valence-corrected chi connectivity index (χ3v) is 3.87. The molecule has 3 atom stereocenters. The molecular formula is C14H21FN2O. The molecule has 0 amide bonds. The average Bonchev–Trinajstić information content (AvgIpc) is 2.69. The van der Waals surface area contributed by atoms with Crippen molar-refractivity contribution in [2.45, 2.75) is 32.4 Å². The van der Waals surface area contributed by atoms with E-state index in [0.717, 1.165) is 18.5 Å². The largest absolute Gasteiger partial charge is 0.394 e. The van der Waals surface area contributed by atoms with E-state index in [1.807, 2.05) is 17.9 Å². The standard InChI is InChI=1S/C14H21FN2O/c1-9-6-7-17(13(9)8-18)14-11(10(2)16)4-3-5-12(14)15/h3-5,9-10,13,18H,6-8,16H2,1-2H3/t9?,10-,13?/m0/s1. The Hall–Kier alpha value is -1.13. The molecule has 0 aliphatic carbocycles. The van der Waals surface area contributed by atoms with Crippen molar-refractivity contribution in [2.24, 2.45) is 11.7 Å². The van der Waals surface area contributed by atoms with E-state index in [9.17, 15) is 9.50 Å². The van der Waals surface area contributed by atoms with E-state index >= 15 is 0 Å². The van der Waals surface area contributed by atoms with Gasteiger partial charge in [0.2, 0.25) is 0 Å². The lowest BCUT2D eigenvalue weighted by atomic mass is 10.0. The molecule has 2 unspecified atom stereocenters. The van der Waals surface area contributed by atoms with Crippen LogP contribution in [-0.4, -0.2) is 24.3 Å². The van der Waals surface area contributed by atoms with Gasteiger partial charge in [-0.15, -0.1) is 0 Å². The van der Waals surface area contributed by atoms with Gasteiger partial charge in [-0.05, 0) is 30.9 Å². The molecule has 0 aromatic heterocycles. The molecule has 100 valence electrons. The number of aliphatic hydroxyl groups excluding tert-OH is 1. The summed E-state index contributed by atoms with van der Waals surface area (Å²) in [7, 11) is 0. The lowest BCUT2D eigenvalue weighted by molar-refractivity contribution is 0.244. The smallest absolute Gasteiger partial charge is 0.146 e. The van der Waals surface area contributed by atoms with Crippen molar-refractivity contribution < 1.29 is 9.50 Å². The van der Waals surface area contributed by atoms with Crippen LogP contribution in [0.1, 0.15) is 31.9 Å². The second-order valence-corrected chi connectivity index (χ2v) is 5.18. The highest BCUT2D eigenvalue weighted by Crippen LogP contribution is 2.35. The first kappa shape index (κ1) is 13.3. The summed E-state index contributed by atoms with van der Waals surface area (Å²) >= 11 is 0. The van der Waals surface area contributed by atoms with Crippen molar-refractivity contribution in [3.63, 3.8) is 0 Å². The van der Waals surface area contributed by atoms with Gasteiger partial charge in [-0.1, -0.05) is 19.1 Å². The maximum atomic E-state index is 14.1. The van der Waals surface area contributed by atoms with Gasteiger partial charge >= 0.3 is 0 Å². The number of nitrogens with two attached hydrogens (primary N) is 1. The van der Waals surface area contributed by atoms with Crippen molar-refractivity contribution in [3.05, 3.63) is 29.6 Å². The molecule has 1 fully saturated rings. The summed E-state index contributed by atoms with van der Waals surface area (Å²) in [6.07, 6.45) is 0.970. The van der Waals surface area contributed by atoms with Crippen LogP contribution in [0.3, 0.4) is 0 Å². The highest BCUT2D eigenvalue weighted by Gasteiger charge is 2.33. The molecule has 0 bridgehead atoms. The fraction of sp³-hybridized carbons (Fsp3) is 0.571. The van der Waals surface area contributed by atoms with Crippen LogP contribution in [0.2, 0.25) is 0 Å². The summed E-state index contributed by atoms with van der Waals surface area (Å²) in [5, 5.41) is 9.49. The first-order valence-corrected chi connectivity index (χ1v) is 6.47. The molecule has 1 aliphatic heterocycles. The minimum Gasteiger partial charge on any atom is -0.394 e. The lowest BCUT2D eigenvalue weighted by Crippen LogP contribution is -2.36. The zero-order valence-electron chi connectivity index (χ0n) is 10.9. The van der Waals surface area contributed by atoms with Gasteiger partial charge < -0.3 is 15.7 Å². The molecule has 3 N–H and O–H groups in total. The van der Waals surface area contributed by atoms with E-state index in [0.29, 0.717) is 11.6 Å². The number of halogens is 1. The first-order valence-electron chi connectivity index (χ1n) is 6.47.